The number of hydrogen-bond acceptors (Lipinski definition) is 0. The Kier molecular flexibility index (Phi) is 4.10. The lowest BCUT2D eigenvalue weighted by Gasteiger charge is -2.30. The second-order valence-electron chi connectivity index (χ2n) is 7.86. The normalized spacial score (nSPS) is 32.3. The van der Waals surface area contributed by atoms with Crippen molar-refractivity contribution >= 4 is 0 Å². The average Bonchev–Trinajstić information content (AvgIpc) is 3.29. The summed E-state index contributed by atoms with van der Waals surface area (Å²) in [7, 11) is 0. The largest absolute Gasteiger partial charge is 0.282 e. The molecule has 0 aromatic rings. The van der Waals surface area contributed by atoms with Gasteiger partial charge in [-0.1, -0.05) is 44.6 Å². The fourth-order valence-electron chi connectivity index (χ4n) is 5.16. The molecule has 0 aromatic carbocycles. The molecule has 1 aliphatic heterocycles. The van der Waals surface area contributed by atoms with Crippen molar-refractivity contribution in [2.45, 2.75) is 83.1 Å². The second kappa shape index (κ2) is 6.18. The lowest BCUT2D eigenvalue weighted by Crippen LogP contribution is -2.32. The highest BCUT2D eigenvalue weighted by Crippen LogP contribution is 2.40. The van der Waals surface area contributed by atoms with Crippen molar-refractivity contribution in [2.24, 2.45) is 17.8 Å². The molecule has 0 bridgehead atoms. The molecular weight excluding hydrogens is 254 g/mol. The molecular formula is C20H30N. The third kappa shape index (κ3) is 2.94. The second-order valence-corrected chi connectivity index (χ2v) is 7.86. The summed E-state index contributed by atoms with van der Waals surface area (Å²) in [6.45, 7) is 0. The van der Waals surface area contributed by atoms with E-state index in [9.17, 15) is 0 Å². The zero-order valence-corrected chi connectivity index (χ0v) is 13.4. The van der Waals surface area contributed by atoms with Gasteiger partial charge >= 0.3 is 0 Å². The molecule has 4 rings (SSSR count). The predicted molar refractivity (Wildman–Crippen MR) is 88.0 cm³/mol. The molecule has 21 heavy (non-hydrogen) atoms. The Hall–Kier alpha value is -0.720. The van der Waals surface area contributed by atoms with Crippen LogP contribution in [0.25, 0.3) is 0 Å². The van der Waals surface area contributed by atoms with Crippen LogP contribution >= 0.6 is 0 Å². The van der Waals surface area contributed by atoms with Gasteiger partial charge in [-0.05, 0) is 62.0 Å². The van der Waals surface area contributed by atoms with Crippen LogP contribution in [0.3, 0.4) is 0 Å². The molecule has 1 unspecified atom stereocenters. The van der Waals surface area contributed by atoms with Crippen molar-refractivity contribution in [2.75, 3.05) is 0 Å². The first kappa shape index (κ1) is 13.9. The van der Waals surface area contributed by atoms with E-state index in [4.69, 9.17) is 5.32 Å². The zero-order chi connectivity index (χ0) is 14.1. The van der Waals surface area contributed by atoms with Crippen molar-refractivity contribution in [1.29, 1.82) is 0 Å². The first-order chi connectivity index (χ1) is 10.4. The summed E-state index contributed by atoms with van der Waals surface area (Å²) < 4.78 is 0. The number of rotatable bonds is 3. The molecule has 0 aromatic heterocycles. The van der Waals surface area contributed by atoms with Crippen LogP contribution < -0.4 is 5.32 Å². The summed E-state index contributed by atoms with van der Waals surface area (Å²) in [6.07, 6.45) is 22.2. The average molecular weight is 284 g/mol. The van der Waals surface area contributed by atoms with Gasteiger partial charge in [0.05, 0.1) is 6.04 Å². The van der Waals surface area contributed by atoms with E-state index in [0.717, 1.165) is 17.8 Å². The van der Waals surface area contributed by atoms with E-state index in [0.29, 0.717) is 6.04 Å². The van der Waals surface area contributed by atoms with Crippen LogP contribution in [-0.2, 0) is 0 Å². The molecule has 1 atom stereocenters. The summed E-state index contributed by atoms with van der Waals surface area (Å²) in [5, 5.41) is 5.25. The van der Waals surface area contributed by atoms with Crippen molar-refractivity contribution in [3.63, 3.8) is 0 Å². The SMILES string of the molecule is C1=C(C2CCCC2)C=C(C2CCCC2)[N]C1C1CCCC1. The Labute approximate surface area is 130 Å². The summed E-state index contributed by atoms with van der Waals surface area (Å²) in [4.78, 5) is 0. The van der Waals surface area contributed by atoms with Gasteiger partial charge < -0.3 is 0 Å². The molecule has 4 aliphatic rings. The molecule has 3 saturated carbocycles. The third-order valence-electron chi connectivity index (χ3n) is 6.46. The van der Waals surface area contributed by atoms with Gasteiger partial charge in [0.25, 0.3) is 0 Å². The molecule has 0 spiro atoms. The molecule has 1 heteroatoms. The van der Waals surface area contributed by atoms with Crippen LogP contribution in [0.15, 0.2) is 23.4 Å². The summed E-state index contributed by atoms with van der Waals surface area (Å²) >= 11 is 0. The lowest BCUT2D eigenvalue weighted by molar-refractivity contribution is 0.401. The maximum atomic E-state index is 5.25. The van der Waals surface area contributed by atoms with Crippen LogP contribution in [0.1, 0.15) is 77.0 Å². The quantitative estimate of drug-likeness (QED) is 0.663. The highest BCUT2D eigenvalue weighted by atomic mass is 14.9. The molecule has 3 aliphatic carbocycles. The van der Waals surface area contributed by atoms with E-state index in [1.54, 1.807) is 5.57 Å². The van der Waals surface area contributed by atoms with E-state index in [1.807, 2.05) is 0 Å². The first-order valence-corrected chi connectivity index (χ1v) is 9.54. The fourth-order valence-corrected chi connectivity index (χ4v) is 5.16. The maximum Gasteiger partial charge on any atom is 0.0717 e. The highest BCUT2D eigenvalue weighted by Gasteiger charge is 2.32. The molecule has 0 saturated heterocycles. The van der Waals surface area contributed by atoms with Crippen molar-refractivity contribution in [3.8, 4) is 0 Å². The maximum absolute atomic E-state index is 5.25. The van der Waals surface area contributed by atoms with Crippen molar-refractivity contribution in [3.05, 3.63) is 23.4 Å². The van der Waals surface area contributed by atoms with Crippen LogP contribution in [-0.4, -0.2) is 6.04 Å². The molecule has 1 heterocycles. The smallest absolute Gasteiger partial charge is 0.0717 e. The van der Waals surface area contributed by atoms with E-state index in [2.05, 4.69) is 12.2 Å². The third-order valence-corrected chi connectivity index (χ3v) is 6.46. The van der Waals surface area contributed by atoms with E-state index in [1.165, 1.54) is 82.7 Å². The fraction of sp³-hybridized carbons (Fsp3) is 0.800. The number of nitrogens with zero attached hydrogens (tertiary/aromatic N) is 1. The molecule has 1 nitrogen and oxygen atoms in total. The molecule has 115 valence electrons. The Balaban J connectivity index is 1.56. The van der Waals surface area contributed by atoms with Gasteiger partial charge in [0.15, 0.2) is 0 Å². The van der Waals surface area contributed by atoms with Crippen LogP contribution in [0.4, 0.5) is 0 Å². The monoisotopic (exact) mass is 284 g/mol. The summed E-state index contributed by atoms with van der Waals surface area (Å²) in [6, 6.07) is 0.531. The Bertz CT molecular complexity index is 415. The lowest BCUT2D eigenvalue weighted by atomic mass is 9.85. The van der Waals surface area contributed by atoms with Gasteiger partial charge in [-0.3, -0.25) is 5.32 Å². The Morgan fingerprint density at radius 2 is 1.29 bits per heavy atom. The minimum absolute atomic E-state index is 0.531. The predicted octanol–water partition coefficient (Wildman–Crippen LogP) is 5.35. The zero-order valence-electron chi connectivity index (χ0n) is 13.4. The van der Waals surface area contributed by atoms with Crippen LogP contribution in [0.2, 0.25) is 0 Å². The Morgan fingerprint density at radius 3 is 1.95 bits per heavy atom. The molecule has 0 amide bonds. The highest BCUT2D eigenvalue weighted by molar-refractivity contribution is 5.34. The summed E-state index contributed by atoms with van der Waals surface area (Å²) in [5.74, 6) is 2.51. The van der Waals surface area contributed by atoms with E-state index < -0.39 is 0 Å². The van der Waals surface area contributed by atoms with Gasteiger partial charge in [-0.15, -0.1) is 0 Å². The van der Waals surface area contributed by atoms with Crippen molar-refractivity contribution < 1.29 is 0 Å². The van der Waals surface area contributed by atoms with Gasteiger partial charge in [0.1, 0.15) is 0 Å². The van der Waals surface area contributed by atoms with Gasteiger partial charge in [-0.2, -0.15) is 0 Å². The van der Waals surface area contributed by atoms with Crippen molar-refractivity contribution in [1.82, 2.24) is 5.32 Å². The first-order valence-electron chi connectivity index (χ1n) is 9.54. The topological polar surface area (TPSA) is 14.1 Å². The van der Waals surface area contributed by atoms with Gasteiger partial charge in [0.2, 0.25) is 0 Å². The minimum atomic E-state index is 0.531. The molecule has 3 fully saturated rings. The van der Waals surface area contributed by atoms with Crippen LogP contribution in [0, 0.1) is 17.8 Å². The van der Waals surface area contributed by atoms with Crippen LogP contribution in [0.5, 0.6) is 0 Å². The van der Waals surface area contributed by atoms with Gasteiger partial charge in [-0.25, -0.2) is 0 Å². The summed E-state index contributed by atoms with van der Waals surface area (Å²) in [5.41, 5.74) is 3.18. The van der Waals surface area contributed by atoms with Gasteiger partial charge in [0, 0.05) is 11.6 Å². The number of hydrogen-bond donors (Lipinski definition) is 0. The minimum Gasteiger partial charge on any atom is -0.282 e. The van der Waals surface area contributed by atoms with E-state index >= 15 is 0 Å². The number of allylic oxidation sites excluding steroid dienone is 3. The standard InChI is InChI=1S/C20H30N/c1-2-8-15(7-1)18-13-19(16-9-3-4-10-16)21-20(14-18)17-11-5-6-12-17/h13-17,19H,1-12H2. The Morgan fingerprint density at radius 1 is 0.714 bits per heavy atom. The molecule has 1 radical (unpaired) electrons. The molecule has 0 N–H and O–H groups in total. The van der Waals surface area contributed by atoms with E-state index in [-0.39, 0.29) is 0 Å².